The number of rotatable bonds is 0. The van der Waals surface area contributed by atoms with Crippen molar-refractivity contribution in [1.29, 1.82) is 0 Å². The molecule has 0 aromatic carbocycles. The molecule has 2 bridgehead atoms. The molecule has 3 heteroatoms. The van der Waals surface area contributed by atoms with E-state index in [9.17, 15) is 4.39 Å². The van der Waals surface area contributed by atoms with Gasteiger partial charge in [-0.2, -0.15) is 0 Å². The largest absolute Gasteiger partial charge is 0.313 e. The Morgan fingerprint density at radius 2 is 2.11 bits per heavy atom. The maximum absolute atomic E-state index is 12.6. The van der Waals surface area contributed by atoms with Gasteiger partial charge in [0.05, 0.1) is 0 Å². The smallest absolute Gasteiger partial charge is 0.106 e. The normalized spacial score (nSPS) is 47.0. The fraction of sp³-hybridized carbons (Fsp3) is 1.00. The summed E-state index contributed by atoms with van der Waals surface area (Å²) in [6.07, 6.45) is 1.37. The fourth-order valence-electron chi connectivity index (χ4n) is 1.77. The van der Waals surface area contributed by atoms with E-state index in [0.717, 1.165) is 19.4 Å². The predicted molar refractivity (Wildman–Crippen MR) is 36.7 cm³/mol. The molecule has 1 saturated carbocycles. The summed E-state index contributed by atoms with van der Waals surface area (Å²) in [6, 6.07) is 0.523. The molecular formula is C6H11ClFN. The Morgan fingerprint density at radius 3 is 2.33 bits per heavy atom. The van der Waals surface area contributed by atoms with Gasteiger partial charge in [-0.1, -0.05) is 0 Å². The molecule has 3 atom stereocenters. The molecule has 0 amide bonds. The molecule has 1 N–H and O–H groups in total. The zero-order valence-corrected chi connectivity index (χ0v) is 5.96. The van der Waals surface area contributed by atoms with Crippen LogP contribution in [-0.2, 0) is 0 Å². The van der Waals surface area contributed by atoms with Crippen LogP contribution in [-0.4, -0.2) is 18.8 Å². The van der Waals surface area contributed by atoms with Crippen LogP contribution in [0.15, 0.2) is 0 Å². The van der Waals surface area contributed by atoms with E-state index in [4.69, 9.17) is 0 Å². The van der Waals surface area contributed by atoms with Crippen LogP contribution in [0.5, 0.6) is 0 Å². The van der Waals surface area contributed by atoms with Crippen LogP contribution in [0, 0.1) is 5.92 Å². The minimum absolute atomic E-state index is 0. The van der Waals surface area contributed by atoms with Crippen LogP contribution in [0.4, 0.5) is 4.39 Å². The van der Waals surface area contributed by atoms with E-state index >= 15 is 0 Å². The highest BCUT2D eigenvalue weighted by molar-refractivity contribution is 5.85. The van der Waals surface area contributed by atoms with Crippen LogP contribution < -0.4 is 5.32 Å². The lowest BCUT2D eigenvalue weighted by molar-refractivity contribution is 0.242. The Hall–Kier alpha value is 0.180. The molecule has 0 aromatic rings. The zero-order valence-electron chi connectivity index (χ0n) is 5.14. The van der Waals surface area contributed by atoms with Crippen LogP contribution in [0.3, 0.4) is 0 Å². The summed E-state index contributed by atoms with van der Waals surface area (Å²) in [5, 5.41) is 3.25. The number of hydrogen-bond acceptors (Lipinski definition) is 1. The van der Waals surface area contributed by atoms with E-state index in [1.54, 1.807) is 0 Å². The lowest BCUT2D eigenvalue weighted by Crippen LogP contribution is -2.30. The number of hydrogen-bond donors (Lipinski definition) is 1. The molecule has 1 aliphatic heterocycles. The molecule has 54 valence electrons. The molecule has 0 unspecified atom stereocenters. The summed E-state index contributed by atoms with van der Waals surface area (Å²) in [4.78, 5) is 0. The van der Waals surface area contributed by atoms with Crippen molar-refractivity contribution in [1.82, 2.24) is 5.32 Å². The summed E-state index contributed by atoms with van der Waals surface area (Å²) in [5.74, 6) is 0.361. The topological polar surface area (TPSA) is 12.0 Å². The van der Waals surface area contributed by atoms with Crippen LogP contribution >= 0.6 is 12.4 Å². The van der Waals surface area contributed by atoms with Crippen LogP contribution in [0.1, 0.15) is 12.8 Å². The van der Waals surface area contributed by atoms with Gasteiger partial charge in [-0.3, -0.25) is 0 Å². The fourth-order valence-corrected chi connectivity index (χ4v) is 1.77. The van der Waals surface area contributed by atoms with Gasteiger partial charge in [0.25, 0.3) is 0 Å². The molecule has 1 saturated heterocycles. The zero-order chi connectivity index (χ0) is 5.56. The molecule has 0 radical (unpaired) electrons. The third kappa shape index (κ3) is 1.06. The van der Waals surface area contributed by atoms with Gasteiger partial charge in [0.15, 0.2) is 0 Å². The average Bonchev–Trinajstić information content (AvgIpc) is 2.23. The standard InChI is InChI=1S/C6H10FN.ClH/c7-6-2-5-1-4(6)3-8-5;/h4-6,8H,1-3H2;1H/t4-,5-,6-;/m0./s1. The first-order valence-electron chi connectivity index (χ1n) is 3.24. The van der Waals surface area contributed by atoms with E-state index in [2.05, 4.69) is 5.32 Å². The van der Waals surface area contributed by atoms with E-state index < -0.39 is 6.17 Å². The van der Waals surface area contributed by atoms with Crippen molar-refractivity contribution in [2.45, 2.75) is 25.1 Å². The van der Waals surface area contributed by atoms with Gasteiger partial charge < -0.3 is 5.32 Å². The number of alkyl halides is 1. The highest BCUT2D eigenvalue weighted by Crippen LogP contribution is 2.32. The first kappa shape index (κ1) is 7.29. The van der Waals surface area contributed by atoms with Gasteiger partial charge in [0.1, 0.15) is 6.17 Å². The summed E-state index contributed by atoms with van der Waals surface area (Å²) in [7, 11) is 0. The molecule has 9 heavy (non-hydrogen) atoms. The minimum atomic E-state index is -0.485. The van der Waals surface area contributed by atoms with Crippen molar-refractivity contribution in [3.8, 4) is 0 Å². The van der Waals surface area contributed by atoms with Crippen molar-refractivity contribution >= 4 is 12.4 Å². The molecule has 2 fully saturated rings. The second-order valence-electron chi connectivity index (χ2n) is 2.85. The SMILES string of the molecule is Cl.F[C@H]1C[C@@H]2C[C@H]1CN2. The Bertz CT molecular complexity index is 107. The Balaban J connectivity index is 0.000000405. The molecule has 0 spiro atoms. The Labute approximate surface area is 60.4 Å². The van der Waals surface area contributed by atoms with Gasteiger partial charge in [-0.15, -0.1) is 12.4 Å². The van der Waals surface area contributed by atoms with Crippen molar-refractivity contribution in [3.05, 3.63) is 0 Å². The van der Waals surface area contributed by atoms with E-state index in [0.29, 0.717) is 12.0 Å². The quantitative estimate of drug-likeness (QED) is 0.548. The van der Waals surface area contributed by atoms with Gasteiger partial charge in [-0.25, -0.2) is 4.39 Å². The van der Waals surface area contributed by atoms with Gasteiger partial charge in [-0.05, 0) is 12.8 Å². The number of fused-ring (bicyclic) bond motifs is 2. The molecule has 0 aromatic heterocycles. The maximum atomic E-state index is 12.6. The summed E-state index contributed by atoms with van der Waals surface area (Å²) < 4.78 is 12.6. The molecule has 1 aliphatic carbocycles. The highest BCUT2D eigenvalue weighted by Gasteiger charge is 2.39. The number of nitrogens with one attached hydrogen (secondary N) is 1. The third-order valence-electron chi connectivity index (χ3n) is 2.28. The lowest BCUT2D eigenvalue weighted by Gasteiger charge is -2.13. The monoisotopic (exact) mass is 151 g/mol. The second-order valence-corrected chi connectivity index (χ2v) is 2.85. The molecule has 2 aliphatic rings. The Kier molecular flexibility index (Phi) is 1.97. The molecule has 1 nitrogen and oxygen atoms in total. The maximum Gasteiger partial charge on any atom is 0.106 e. The first-order valence-corrected chi connectivity index (χ1v) is 3.24. The summed E-state index contributed by atoms with van der Waals surface area (Å²) >= 11 is 0. The molecular weight excluding hydrogens is 141 g/mol. The minimum Gasteiger partial charge on any atom is -0.313 e. The summed E-state index contributed by atoms with van der Waals surface area (Å²) in [5.41, 5.74) is 0. The van der Waals surface area contributed by atoms with Gasteiger partial charge in [0.2, 0.25) is 0 Å². The van der Waals surface area contributed by atoms with E-state index in [1.165, 1.54) is 0 Å². The predicted octanol–water partition coefficient (Wildman–Crippen LogP) is 1.13. The third-order valence-corrected chi connectivity index (χ3v) is 2.28. The number of piperidine rings is 1. The van der Waals surface area contributed by atoms with Crippen molar-refractivity contribution in [2.75, 3.05) is 6.54 Å². The number of halogens is 2. The Morgan fingerprint density at radius 1 is 1.33 bits per heavy atom. The van der Waals surface area contributed by atoms with E-state index in [1.807, 2.05) is 0 Å². The van der Waals surface area contributed by atoms with Gasteiger partial charge >= 0.3 is 0 Å². The first-order chi connectivity index (χ1) is 3.86. The highest BCUT2D eigenvalue weighted by atomic mass is 35.5. The second kappa shape index (κ2) is 2.43. The lowest BCUT2D eigenvalue weighted by atomic mass is 10.1. The summed E-state index contributed by atoms with van der Waals surface area (Å²) in [6.45, 7) is 0.922. The van der Waals surface area contributed by atoms with Gasteiger partial charge in [0, 0.05) is 18.5 Å². The van der Waals surface area contributed by atoms with Crippen LogP contribution in [0.2, 0.25) is 0 Å². The van der Waals surface area contributed by atoms with Crippen LogP contribution in [0.25, 0.3) is 0 Å². The van der Waals surface area contributed by atoms with Crippen molar-refractivity contribution < 1.29 is 4.39 Å². The van der Waals surface area contributed by atoms with E-state index in [-0.39, 0.29) is 12.4 Å². The molecule has 1 heterocycles. The average molecular weight is 152 g/mol. The van der Waals surface area contributed by atoms with Crippen molar-refractivity contribution in [3.63, 3.8) is 0 Å². The molecule has 2 rings (SSSR count). The van der Waals surface area contributed by atoms with Crippen molar-refractivity contribution in [2.24, 2.45) is 5.92 Å².